The first-order chi connectivity index (χ1) is 11.0. The van der Waals surface area contributed by atoms with Gasteiger partial charge in [0.15, 0.2) is 0 Å². The number of hydrogen-bond acceptors (Lipinski definition) is 6. The van der Waals surface area contributed by atoms with Gasteiger partial charge in [-0.1, -0.05) is 12.1 Å². The lowest BCUT2D eigenvalue weighted by molar-refractivity contribution is 0.0972. The van der Waals surface area contributed by atoms with Gasteiger partial charge < -0.3 is 14.5 Å². The normalized spacial score (nSPS) is 15.9. The summed E-state index contributed by atoms with van der Waals surface area (Å²) in [5.41, 5.74) is 0.705. The van der Waals surface area contributed by atoms with Crippen LogP contribution in [0.15, 0.2) is 28.8 Å². The van der Waals surface area contributed by atoms with E-state index in [1.807, 2.05) is 14.1 Å². The number of halogens is 1. The van der Waals surface area contributed by atoms with Crippen molar-refractivity contribution >= 4 is 5.95 Å². The molecule has 1 heterocycles. The molecule has 1 aromatic heterocycles. The molecule has 0 saturated heterocycles. The number of anilines is 1. The Hall–Kier alpha value is -1.99. The van der Waals surface area contributed by atoms with Gasteiger partial charge in [-0.2, -0.15) is 4.98 Å². The zero-order valence-corrected chi connectivity index (χ0v) is 13.3. The third kappa shape index (κ3) is 4.05. The Bertz CT molecular complexity index is 640. The van der Waals surface area contributed by atoms with Gasteiger partial charge in [-0.25, -0.2) is 4.39 Å². The molecule has 1 saturated carbocycles. The largest absolute Gasteiger partial charge is 0.387 e. The molecular weight excluding hydrogens is 299 g/mol. The number of hydrogen-bond donors (Lipinski definition) is 1. The first-order valence-corrected chi connectivity index (χ1v) is 7.70. The Balaban J connectivity index is 1.65. The monoisotopic (exact) mass is 320 g/mol. The van der Waals surface area contributed by atoms with E-state index in [-0.39, 0.29) is 5.82 Å². The van der Waals surface area contributed by atoms with Crippen molar-refractivity contribution in [2.75, 3.05) is 25.5 Å². The highest BCUT2D eigenvalue weighted by atomic mass is 19.1. The molecule has 1 aliphatic carbocycles. The second kappa shape index (κ2) is 6.64. The van der Waals surface area contributed by atoms with E-state index in [1.165, 1.54) is 12.1 Å². The highest BCUT2D eigenvalue weighted by molar-refractivity contribution is 5.23. The van der Waals surface area contributed by atoms with Gasteiger partial charge in [0.1, 0.15) is 5.82 Å². The van der Waals surface area contributed by atoms with Crippen molar-refractivity contribution in [1.29, 1.82) is 0 Å². The van der Waals surface area contributed by atoms with E-state index in [2.05, 4.69) is 15.0 Å². The number of aliphatic hydroxyl groups excluding tert-OH is 1. The predicted molar refractivity (Wildman–Crippen MR) is 83.4 cm³/mol. The fraction of sp³-hybridized carbons (Fsp3) is 0.500. The lowest BCUT2D eigenvalue weighted by atomic mass is 10.1. The van der Waals surface area contributed by atoms with Crippen molar-refractivity contribution in [3.8, 4) is 0 Å². The molecule has 0 spiro atoms. The maximum Gasteiger partial charge on any atom is 0.265 e. The molecule has 124 valence electrons. The van der Waals surface area contributed by atoms with Crippen LogP contribution in [0.5, 0.6) is 0 Å². The minimum atomic E-state index is -0.674. The molecule has 1 N–H and O–H groups in total. The molecule has 1 atom stereocenters. The van der Waals surface area contributed by atoms with Crippen LogP contribution in [-0.4, -0.2) is 46.8 Å². The van der Waals surface area contributed by atoms with E-state index in [4.69, 9.17) is 4.52 Å². The SMILES string of the molecule is CN(C)c1noc(CN(C[C@H](O)c2ccc(F)cc2)C2CC2)n1. The predicted octanol–water partition coefficient (Wildman–Crippen LogP) is 1.97. The van der Waals surface area contributed by atoms with Crippen LogP contribution in [-0.2, 0) is 6.54 Å². The highest BCUT2D eigenvalue weighted by Crippen LogP contribution is 2.30. The molecule has 0 radical (unpaired) electrons. The van der Waals surface area contributed by atoms with Gasteiger partial charge in [0.05, 0.1) is 12.6 Å². The minimum Gasteiger partial charge on any atom is -0.387 e. The van der Waals surface area contributed by atoms with Crippen molar-refractivity contribution in [1.82, 2.24) is 15.0 Å². The molecule has 0 unspecified atom stereocenters. The Morgan fingerprint density at radius 2 is 2.00 bits per heavy atom. The Kier molecular flexibility index (Phi) is 4.58. The summed E-state index contributed by atoms with van der Waals surface area (Å²) < 4.78 is 18.2. The van der Waals surface area contributed by atoms with Gasteiger partial charge in [0, 0.05) is 26.7 Å². The summed E-state index contributed by atoms with van der Waals surface area (Å²) in [6, 6.07) is 6.38. The fourth-order valence-corrected chi connectivity index (χ4v) is 2.46. The highest BCUT2D eigenvalue weighted by Gasteiger charge is 2.31. The van der Waals surface area contributed by atoms with E-state index < -0.39 is 6.10 Å². The van der Waals surface area contributed by atoms with E-state index >= 15 is 0 Å². The van der Waals surface area contributed by atoms with Crippen molar-refractivity contribution < 1.29 is 14.0 Å². The molecule has 6 nitrogen and oxygen atoms in total. The molecule has 1 fully saturated rings. The third-order valence-electron chi connectivity index (χ3n) is 3.92. The van der Waals surface area contributed by atoms with E-state index in [1.54, 1.807) is 17.0 Å². The summed E-state index contributed by atoms with van der Waals surface area (Å²) in [4.78, 5) is 8.25. The standard InChI is InChI=1S/C16H21FN4O2/c1-20(2)16-18-15(23-19-16)10-21(13-7-8-13)9-14(22)11-3-5-12(17)6-4-11/h3-6,13-14,22H,7-10H2,1-2H3/t14-/m0/s1. The zero-order chi connectivity index (χ0) is 16.4. The van der Waals surface area contributed by atoms with E-state index in [0.29, 0.717) is 36.5 Å². The van der Waals surface area contributed by atoms with Gasteiger partial charge >= 0.3 is 0 Å². The number of rotatable bonds is 7. The van der Waals surface area contributed by atoms with E-state index in [0.717, 1.165) is 12.8 Å². The summed E-state index contributed by atoms with van der Waals surface area (Å²) in [5.74, 6) is 0.767. The Morgan fingerprint density at radius 1 is 1.30 bits per heavy atom. The first kappa shape index (κ1) is 15.9. The van der Waals surface area contributed by atoms with Gasteiger partial charge in [-0.3, -0.25) is 4.90 Å². The summed E-state index contributed by atoms with van der Waals surface area (Å²) in [7, 11) is 3.71. The number of benzene rings is 1. The van der Waals surface area contributed by atoms with Crippen molar-refractivity contribution in [3.05, 3.63) is 41.5 Å². The molecule has 1 aliphatic rings. The summed E-state index contributed by atoms with van der Waals surface area (Å²) >= 11 is 0. The lowest BCUT2D eigenvalue weighted by Gasteiger charge is -2.23. The molecule has 0 amide bonds. The first-order valence-electron chi connectivity index (χ1n) is 7.70. The van der Waals surface area contributed by atoms with Crippen LogP contribution >= 0.6 is 0 Å². The van der Waals surface area contributed by atoms with Crippen LogP contribution in [0.4, 0.5) is 10.3 Å². The van der Waals surface area contributed by atoms with Gasteiger partial charge in [-0.15, -0.1) is 0 Å². The average Bonchev–Trinajstić information content (AvgIpc) is 3.26. The maximum atomic E-state index is 13.0. The van der Waals surface area contributed by atoms with Gasteiger partial charge in [0.25, 0.3) is 5.95 Å². The molecular formula is C16H21FN4O2. The second-order valence-electron chi connectivity index (χ2n) is 6.11. The number of aromatic nitrogens is 2. The van der Waals surface area contributed by atoms with Crippen LogP contribution in [0.3, 0.4) is 0 Å². The molecule has 0 bridgehead atoms. The molecule has 7 heteroatoms. The summed E-state index contributed by atoms with van der Waals surface area (Å²) in [6.45, 7) is 0.958. The average molecular weight is 320 g/mol. The quantitative estimate of drug-likeness (QED) is 0.841. The maximum absolute atomic E-state index is 13.0. The number of aliphatic hydroxyl groups is 1. The molecule has 0 aliphatic heterocycles. The lowest BCUT2D eigenvalue weighted by Crippen LogP contribution is -2.30. The van der Waals surface area contributed by atoms with Crippen molar-refractivity contribution in [3.63, 3.8) is 0 Å². The molecule has 1 aromatic carbocycles. The minimum absolute atomic E-state index is 0.304. The Labute approximate surface area is 134 Å². The zero-order valence-electron chi connectivity index (χ0n) is 13.3. The summed E-state index contributed by atoms with van der Waals surface area (Å²) in [5, 5.41) is 14.3. The van der Waals surface area contributed by atoms with E-state index in [9.17, 15) is 9.50 Å². The van der Waals surface area contributed by atoms with Crippen LogP contribution in [0, 0.1) is 5.82 Å². The molecule has 3 rings (SSSR count). The van der Waals surface area contributed by atoms with Gasteiger partial charge in [0.2, 0.25) is 5.89 Å². The van der Waals surface area contributed by atoms with Crippen molar-refractivity contribution in [2.24, 2.45) is 0 Å². The third-order valence-corrected chi connectivity index (χ3v) is 3.92. The fourth-order valence-electron chi connectivity index (χ4n) is 2.46. The number of nitrogens with zero attached hydrogens (tertiary/aromatic N) is 4. The summed E-state index contributed by atoms with van der Waals surface area (Å²) in [6.07, 6.45) is 1.53. The Morgan fingerprint density at radius 3 is 2.57 bits per heavy atom. The van der Waals surface area contributed by atoms with Crippen molar-refractivity contribution in [2.45, 2.75) is 31.5 Å². The van der Waals surface area contributed by atoms with Crippen LogP contribution in [0.1, 0.15) is 30.4 Å². The molecule has 23 heavy (non-hydrogen) atoms. The topological polar surface area (TPSA) is 65.6 Å². The van der Waals surface area contributed by atoms with Crippen LogP contribution in [0.2, 0.25) is 0 Å². The smallest absolute Gasteiger partial charge is 0.265 e. The second-order valence-corrected chi connectivity index (χ2v) is 6.11. The molecule has 2 aromatic rings. The van der Waals surface area contributed by atoms with Gasteiger partial charge in [-0.05, 0) is 35.7 Å². The van der Waals surface area contributed by atoms with Crippen LogP contribution < -0.4 is 4.90 Å². The van der Waals surface area contributed by atoms with Crippen LogP contribution in [0.25, 0.3) is 0 Å².